The minimum atomic E-state index is -0.999. The van der Waals surface area contributed by atoms with Crippen LogP contribution in [-0.2, 0) is 11.2 Å². The normalized spacial score (nSPS) is 12.9. The van der Waals surface area contributed by atoms with E-state index in [0.29, 0.717) is 0 Å². The first-order valence-electron chi connectivity index (χ1n) is 4.57. The number of carboxylic acids is 1. The van der Waals surface area contributed by atoms with Crippen molar-refractivity contribution >= 4 is 17.0 Å². The zero-order chi connectivity index (χ0) is 10.8. The lowest BCUT2D eigenvalue weighted by atomic mass is 10.1. The van der Waals surface area contributed by atoms with E-state index in [9.17, 15) is 4.79 Å². The van der Waals surface area contributed by atoms with E-state index in [1.54, 1.807) is 12.4 Å². The Hall–Kier alpha value is -1.88. The Morgan fingerprint density at radius 2 is 2.47 bits per heavy atom. The third-order valence-corrected chi connectivity index (χ3v) is 2.23. The molecule has 5 nitrogen and oxygen atoms in total. The number of H-pyrrole nitrogens is 1. The van der Waals surface area contributed by atoms with Gasteiger partial charge in [-0.2, -0.15) is 0 Å². The molecule has 2 heterocycles. The van der Waals surface area contributed by atoms with E-state index in [-0.39, 0.29) is 6.42 Å². The molecule has 0 fully saturated rings. The predicted octanol–water partition coefficient (Wildman–Crippen LogP) is 0.517. The number of rotatable bonds is 3. The maximum absolute atomic E-state index is 10.6. The highest BCUT2D eigenvalue weighted by Crippen LogP contribution is 2.11. The summed E-state index contributed by atoms with van der Waals surface area (Å²) in [6.07, 6.45) is 3.73. The first-order valence-corrected chi connectivity index (χ1v) is 4.57. The van der Waals surface area contributed by atoms with Crippen molar-refractivity contribution < 1.29 is 9.90 Å². The first-order chi connectivity index (χ1) is 7.16. The fraction of sp³-hybridized carbons (Fsp3) is 0.200. The molecular weight excluding hydrogens is 194 g/mol. The van der Waals surface area contributed by atoms with E-state index in [0.717, 1.165) is 16.6 Å². The van der Waals surface area contributed by atoms with Crippen molar-refractivity contribution in [3.05, 3.63) is 30.1 Å². The highest BCUT2D eigenvalue weighted by molar-refractivity contribution is 5.76. The van der Waals surface area contributed by atoms with Crippen molar-refractivity contribution in [1.82, 2.24) is 9.97 Å². The van der Waals surface area contributed by atoms with Gasteiger partial charge in [-0.3, -0.25) is 9.78 Å². The Morgan fingerprint density at radius 3 is 3.20 bits per heavy atom. The van der Waals surface area contributed by atoms with E-state index in [1.165, 1.54) is 0 Å². The van der Waals surface area contributed by atoms with Crippen molar-refractivity contribution in [1.29, 1.82) is 0 Å². The molecule has 1 unspecified atom stereocenters. The van der Waals surface area contributed by atoms with Crippen molar-refractivity contribution in [3.63, 3.8) is 0 Å². The molecule has 0 saturated carbocycles. The molecule has 2 aromatic rings. The zero-order valence-corrected chi connectivity index (χ0v) is 7.97. The van der Waals surface area contributed by atoms with Gasteiger partial charge in [0.2, 0.25) is 0 Å². The van der Waals surface area contributed by atoms with Crippen LogP contribution in [0.4, 0.5) is 0 Å². The molecule has 2 aromatic heterocycles. The molecule has 5 heteroatoms. The lowest BCUT2D eigenvalue weighted by Gasteiger charge is -2.05. The van der Waals surface area contributed by atoms with Gasteiger partial charge in [-0.15, -0.1) is 0 Å². The largest absolute Gasteiger partial charge is 0.480 e. The number of fused-ring (bicyclic) bond motifs is 1. The standard InChI is InChI=1S/C10H11N3O2/c11-7(10(14)15)3-6-4-9-8(13-5-6)1-2-12-9/h1-2,4-5,7,12H,3,11H2,(H,14,15). The highest BCUT2D eigenvalue weighted by atomic mass is 16.4. The number of carbonyl (C=O) groups is 1. The van der Waals surface area contributed by atoms with Crippen LogP contribution in [0.3, 0.4) is 0 Å². The summed E-state index contributed by atoms with van der Waals surface area (Å²) in [5.41, 5.74) is 8.01. The molecule has 4 N–H and O–H groups in total. The number of nitrogens with one attached hydrogen (secondary N) is 1. The maximum atomic E-state index is 10.6. The lowest BCUT2D eigenvalue weighted by Crippen LogP contribution is -2.32. The monoisotopic (exact) mass is 205 g/mol. The maximum Gasteiger partial charge on any atom is 0.320 e. The number of aliphatic carboxylic acids is 1. The summed E-state index contributed by atoms with van der Waals surface area (Å²) in [4.78, 5) is 17.7. The molecule has 0 aliphatic rings. The average Bonchev–Trinajstić information content (AvgIpc) is 2.64. The number of hydrogen-bond acceptors (Lipinski definition) is 3. The van der Waals surface area contributed by atoms with E-state index in [4.69, 9.17) is 10.8 Å². The number of pyridine rings is 1. The Kier molecular flexibility index (Phi) is 2.39. The van der Waals surface area contributed by atoms with Gasteiger partial charge in [0.15, 0.2) is 0 Å². The third-order valence-electron chi connectivity index (χ3n) is 2.23. The van der Waals surface area contributed by atoms with Crippen LogP contribution >= 0.6 is 0 Å². The second kappa shape index (κ2) is 3.70. The summed E-state index contributed by atoms with van der Waals surface area (Å²) in [5, 5.41) is 8.66. The van der Waals surface area contributed by atoms with Crippen molar-refractivity contribution in [2.24, 2.45) is 5.73 Å². The Bertz CT molecular complexity index is 492. The fourth-order valence-corrected chi connectivity index (χ4v) is 1.43. The Morgan fingerprint density at radius 1 is 1.67 bits per heavy atom. The molecule has 1 atom stereocenters. The van der Waals surface area contributed by atoms with Crippen LogP contribution in [0, 0.1) is 0 Å². The van der Waals surface area contributed by atoms with Gasteiger partial charge in [0, 0.05) is 12.4 Å². The van der Waals surface area contributed by atoms with Gasteiger partial charge in [0.25, 0.3) is 0 Å². The molecule has 0 amide bonds. The quantitative estimate of drug-likeness (QED) is 0.681. The smallest absolute Gasteiger partial charge is 0.320 e. The molecule has 15 heavy (non-hydrogen) atoms. The molecule has 0 aromatic carbocycles. The topological polar surface area (TPSA) is 92.0 Å². The summed E-state index contributed by atoms with van der Waals surface area (Å²) in [6.45, 7) is 0. The van der Waals surface area contributed by atoms with Crippen LogP contribution in [0.25, 0.3) is 11.0 Å². The van der Waals surface area contributed by atoms with Crippen molar-refractivity contribution in [2.75, 3.05) is 0 Å². The lowest BCUT2D eigenvalue weighted by molar-refractivity contribution is -0.138. The summed E-state index contributed by atoms with van der Waals surface area (Å²) in [5.74, 6) is -0.999. The molecule has 0 aliphatic carbocycles. The summed E-state index contributed by atoms with van der Waals surface area (Å²) in [7, 11) is 0. The van der Waals surface area contributed by atoms with Crippen molar-refractivity contribution in [2.45, 2.75) is 12.5 Å². The number of nitrogens with zero attached hydrogens (tertiary/aromatic N) is 1. The number of hydrogen-bond donors (Lipinski definition) is 3. The summed E-state index contributed by atoms with van der Waals surface area (Å²) >= 11 is 0. The van der Waals surface area contributed by atoms with Gasteiger partial charge < -0.3 is 15.8 Å². The van der Waals surface area contributed by atoms with Crippen LogP contribution in [0.15, 0.2) is 24.5 Å². The summed E-state index contributed by atoms with van der Waals surface area (Å²) in [6, 6.07) is 2.85. The molecule has 0 spiro atoms. The Balaban J connectivity index is 2.24. The number of nitrogens with two attached hydrogens (primary N) is 1. The summed E-state index contributed by atoms with van der Waals surface area (Å²) < 4.78 is 0. The Labute approximate surface area is 85.9 Å². The molecular formula is C10H11N3O2. The molecule has 0 saturated heterocycles. The van der Waals surface area contributed by atoms with E-state index < -0.39 is 12.0 Å². The molecule has 78 valence electrons. The van der Waals surface area contributed by atoms with E-state index >= 15 is 0 Å². The van der Waals surface area contributed by atoms with Gasteiger partial charge in [-0.25, -0.2) is 0 Å². The SMILES string of the molecule is NC(Cc1cnc2cc[nH]c2c1)C(=O)O. The molecule has 0 aliphatic heterocycles. The van der Waals surface area contributed by atoms with Crippen molar-refractivity contribution in [3.8, 4) is 0 Å². The van der Waals surface area contributed by atoms with Crippen LogP contribution in [0.1, 0.15) is 5.56 Å². The second-order valence-electron chi connectivity index (χ2n) is 3.40. The minimum absolute atomic E-state index is 0.289. The zero-order valence-electron chi connectivity index (χ0n) is 7.97. The van der Waals surface area contributed by atoms with Crippen LogP contribution in [0.2, 0.25) is 0 Å². The second-order valence-corrected chi connectivity index (χ2v) is 3.40. The number of carboxylic acid groups (broad SMARTS) is 1. The van der Waals surface area contributed by atoms with Crippen LogP contribution in [0.5, 0.6) is 0 Å². The van der Waals surface area contributed by atoms with Gasteiger partial charge in [-0.1, -0.05) is 0 Å². The fourth-order valence-electron chi connectivity index (χ4n) is 1.43. The van der Waals surface area contributed by atoms with Crippen LogP contribution in [-0.4, -0.2) is 27.1 Å². The number of aromatic nitrogens is 2. The molecule has 2 rings (SSSR count). The predicted molar refractivity (Wildman–Crippen MR) is 55.4 cm³/mol. The van der Waals surface area contributed by atoms with Gasteiger partial charge in [-0.05, 0) is 24.1 Å². The van der Waals surface area contributed by atoms with Gasteiger partial charge >= 0.3 is 5.97 Å². The van der Waals surface area contributed by atoms with Crippen LogP contribution < -0.4 is 5.73 Å². The van der Waals surface area contributed by atoms with Gasteiger partial charge in [0.1, 0.15) is 6.04 Å². The molecule has 0 bridgehead atoms. The minimum Gasteiger partial charge on any atom is -0.480 e. The van der Waals surface area contributed by atoms with E-state index in [2.05, 4.69) is 9.97 Å². The van der Waals surface area contributed by atoms with E-state index in [1.807, 2.05) is 12.1 Å². The molecule has 0 radical (unpaired) electrons. The highest BCUT2D eigenvalue weighted by Gasteiger charge is 2.12. The third kappa shape index (κ3) is 1.97. The average molecular weight is 205 g/mol. The first kappa shape index (κ1) is 9.67. The van der Waals surface area contributed by atoms with Gasteiger partial charge in [0.05, 0.1) is 11.0 Å². The number of aromatic amines is 1.